The predicted molar refractivity (Wildman–Crippen MR) is 47.6 cm³/mol. The molecule has 0 fully saturated rings. The molecule has 0 rings (SSSR count). The number of hydrogen-bond acceptors (Lipinski definition) is 5. The van der Waals surface area contributed by atoms with Gasteiger partial charge in [0, 0.05) is 5.57 Å². The fourth-order valence-electron chi connectivity index (χ4n) is 0.187. The number of carboxylic acid groups (broad SMARTS) is 1. The molecule has 3 N–H and O–H groups in total. The lowest BCUT2D eigenvalue weighted by atomic mass is 10.4. The van der Waals surface area contributed by atoms with E-state index in [1.54, 1.807) is 0 Å². The number of rotatable bonds is 4. The van der Waals surface area contributed by atoms with E-state index in [9.17, 15) is 9.36 Å². The Balaban J connectivity index is 0. The van der Waals surface area contributed by atoms with Crippen LogP contribution in [0, 0.1) is 0 Å². The fraction of sp³-hybridized carbons (Fsp3) is 0.500. The minimum Gasteiger partial charge on any atom is -0.478 e. The standard InChI is InChI=1S/C4H6O2.C2H7O5P/c1-3(2)4(5)6;1-2-6-8(4,5)7-3/h1H2,2H3,(H,5,6);3H,2H2,1H3,(H,4,5). The van der Waals surface area contributed by atoms with E-state index < -0.39 is 13.8 Å². The summed E-state index contributed by atoms with van der Waals surface area (Å²) in [5, 5.41) is 15.5. The Morgan fingerprint density at radius 2 is 1.93 bits per heavy atom. The molecular formula is C6H13O7P. The minimum absolute atomic E-state index is 0.0222. The van der Waals surface area contributed by atoms with Crippen LogP contribution in [0.2, 0.25) is 0 Å². The SMILES string of the molecule is C=C(C)C(=O)O.CCOP(=O)(O)OO. The summed E-state index contributed by atoms with van der Waals surface area (Å²) < 4.78 is 17.1. The van der Waals surface area contributed by atoms with Gasteiger partial charge in [-0.3, -0.25) is 4.52 Å². The van der Waals surface area contributed by atoms with Gasteiger partial charge >= 0.3 is 13.8 Å². The predicted octanol–water partition coefficient (Wildman–Crippen LogP) is 1.26. The van der Waals surface area contributed by atoms with Crippen molar-refractivity contribution in [2.75, 3.05) is 6.61 Å². The number of phosphoric acid groups is 1. The molecule has 8 heteroatoms. The Morgan fingerprint density at radius 1 is 1.57 bits per heavy atom. The molecule has 0 aromatic rings. The minimum atomic E-state index is -4.12. The van der Waals surface area contributed by atoms with Crippen LogP contribution in [0.25, 0.3) is 0 Å². The molecule has 0 amide bonds. The van der Waals surface area contributed by atoms with E-state index >= 15 is 0 Å². The summed E-state index contributed by atoms with van der Waals surface area (Å²) >= 11 is 0. The largest absolute Gasteiger partial charge is 0.499 e. The third-order valence-corrected chi connectivity index (χ3v) is 1.55. The highest BCUT2D eigenvalue weighted by Crippen LogP contribution is 2.41. The molecule has 0 saturated heterocycles. The topological polar surface area (TPSA) is 113 Å². The summed E-state index contributed by atoms with van der Waals surface area (Å²) in [5.41, 5.74) is 0.176. The van der Waals surface area contributed by atoms with Crippen LogP contribution in [-0.4, -0.2) is 27.8 Å². The van der Waals surface area contributed by atoms with Crippen molar-refractivity contribution in [3.8, 4) is 0 Å². The lowest BCUT2D eigenvalue weighted by Crippen LogP contribution is -1.92. The smallest absolute Gasteiger partial charge is 0.478 e. The highest BCUT2D eigenvalue weighted by atomic mass is 31.2. The Labute approximate surface area is 81.1 Å². The van der Waals surface area contributed by atoms with Crippen LogP contribution in [0.4, 0.5) is 0 Å². The molecule has 0 aliphatic carbocycles. The summed E-state index contributed by atoms with van der Waals surface area (Å²) in [6, 6.07) is 0. The maximum atomic E-state index is 10.0. The van der Waals surface area contributed by atoms with E-state index in [4.69, 9.17) is 15.3 Å². The van der Waals surface area contributed by atoms with Gasteiger partial charge in [0.15, 0.2) is 0 Å². The van der Waals surface area contributed by atoms with Crippen LogP contribution in [0.1, 0.15) is 13.8 Å². The van der Waals surface area contributed by atoms with Gasteiger partial charge in [-0.2, -0.15) is 0 Å². The van der Waals surface area contributed by atoms with Crippen LogP contribution in [-0.2, 0) is 18.6 Å². The lowest BCUT2D eigenvalue weighted by Gasteiger charge is -2.02. The average Bonchev–Trinajstić information content (AvgIpc) is 2.05. The van der Waals surface area contributed by atoms with Gasteiger partial charge in [0.1, 0.15) is 0 Å². The summed E-state index contributed by atoms with van der Waals surface area (Å²) in [4.78, 5) is 17.8. The Hall–Kier alpha value is -0.720. The van der Waals surface area contributed by atoms with Crippen molar-refractivity contribution < 1.29 is 33.8 Å². The van der Waals surface area contributed by atoms with E-state index in [2.05, 4.69) is 15.8 Å². The first-order valence-electron chi connectivity index (χ1n) is 3.46. The van der Waals surface area contributed by atoms with Gasteiger partial charge in [0.2, 0.25) is 0 Å². The van der Waals surface area contributed by atoms with Crippen LogP contribution < -0.4 is 0 Å². The number of phosphoric ester groups is 1. The Bertz CT molecular complexity index is 224. The van der Waals surface area contributed by atoms with Crippen molar-refractivity contribution in [2.45, 2.75) is 13.8 Å². The van der Waals surface area contributed by atoms with E-state index in [1.165, 1.54) is 13.8 Å². The van der Waals surface area contributed by atoms with Gasteiger partial charge in [0.25, 0.3) is 0 Å². The van der Waals surface area contributed by atoms with Crippen LogP contribution >= 0.6 is 7.82 Å². The lowest BCUT2D eigenvalue weighted by molar-refractivity contribution is -0.161. The first-order chi connectivity index (χ1) is 6.26. The summed E-state index contributed by atoms with van der Waals surface area (Å²) in [6.07, 6.45) is 0. The highest BCUT2D eigenvalue weighted by molar-refractivity contribution is 7.47. The molecule has 7 nitrogen and oxygen atoms in total. The summed E-state index contributed by atoms with van der Waals surface area (Å²) in [7, 11) is -4.12. The molecule has 0 radical (unpaired) electrons. The zero-order valence-electron chi connectivity index (χ0n) is 7.84. The van der Waals surface area contributed by atoms with Crippen molar-refractivity contribution in [1.82, 2.24) is 0 Å². The molecule has 0 spiro atoms. The molecule has 84 valence electrons. The van der Waals surface area contributed by atoms with Crippen LogP contribution in [0.5, 0.6) is 0 Å². The molecule has 0 saturated carbocycles. The third kappa shape index (κ3) is 11.3. The first kappa shape index (κ1) is 15.7. The molecule has 0 aliphatic rings. The van der Waals surface area contributed by atoms with E-state index in [-0.39, 0.29) is 12.2 Å². The highest BCUT2D eigenvalue weighted by Gasteiger charge is 2.18. The fourth-order valence-corrected chi connectivity index (χ4v) is 0.560. The zero-order valence-corrected chi connectivity index (χ0v) is 8.73. The number of hydrogen-bond donors (Lipinski definition) is 3. The van der Waals surface area contributed by atoms with Gasteiger partial charge in [0.05, 0.1) is 6.61 Å². The zero-order chi connectivity index (χ0) is 11.8. The van der Waals surface area contributed by atoms with Gasteiger partial charge in [-0.05, 0) is 13.8 Å². The van der Waals surface area contributed by atoms with E-state index in [1.807, 2.05) is 0 Å². The molecule has 0 heterocycles. The average molecular weight is 228 g/mol. The maximum absolute atomic E-state index is 10.0. The molecule has 0 aromatic heterocycles. The van der Waals surface area contributed by atoms with Crippen molar-refractivity contribution in [3.05, 3.63) is 12.2 Å². The summed E-state index contributed by atoms with van der Waals surface area (Å²) in [5.74, 6) is -0.935. The molecule has 0 aromatic carbocycles. The second kappa shape index (κ2) is 7.66. The molecular weight excluding hydrogens is 215 g/mol. The Morgan fingerprint density at radius 3 is 2.00 bits per heavy atom. The van der Waals surface area contributed by atoms with Gasteiger partial charge in [-0.15, -0.1) is 4.67 Å². The van der Waals surface area contributed by atoms with Gasteiger partial charge < -0.3 is 10.00 Å². The monoisotopic (exact) mass is 228 g/mol. The second-order valence-electron chi connectivity index (χ2n) is 2.05. The van der Waals surface area contributed by atoms with E-state index in [0.717, 1.165) is 0 Å². The molecule has 14 heavy (non-hydrogen) atoms. The first-order valence-corrected chi connectivity index (χ1v) is 4.95. The van der Waals surface area contributed by atoms with Crippen LogP contribution in [0.3, 0.4) is 0 Å². The molecule has 0 aliphatic heterocycles. The van der Waals surface area contributed by atoms with Gasteiger partial charge in [-0.25, -0.2) is 14.6 Å². The van der Waals surface area contributed by atoms with Crippen LogP contribution in [0.15, 0.2) is 12.2 Å². The Kier molecular flexibility index (Phi) is 8.61. The van der Waals surface area contributed by atoms with E-state index in [0.29, 0.717) is 0 Å². The maximum Gasteiger partial charge on any atom is 0.499 e. The van der Waals surface area contributed by atoms with Gasteiger partial charge in [-0.1, -0.05) is 6.58 Å². The molecule has 1 atom stereocenters. The second-order valence-corrected chi connectivity index (χ2v) is 3.41. The van der Waals surface area contributed by atoms with Crippen molar-refractivity contribution in [2.24, 2.45) is 0 Å². The third-order valence-electron chi connectivity index (χ3n) is 0.761. The summed E-state index contributed by atoms with van der Waals surface area (Å²) in [6.45, 7) is 6.13. The molecule has 1 unspecified atom stereocenters. The number of carboxylic acids is 1. The number of aliphatic carboxylic acids is 1. The quantitative estimate of drug-likeness (QED) is 0.287. The molecule has 0 bridgehead atoms. The normalized spacial score (nSPS) is 13.4. The number of carbonyl (C=O) groups is 1. The van der Waals surface area contributed by atoms with Crippen molar-refractivity contribution in [3.63, 3.8) is 0 Å². The van der Waals surface area contributed by atoms with Crippen molar-refractivity contribution >= 4 is 13.8 Å². The van der Waals surface area contributed by atoms with Crippen molar-refractivity contribution in [1.29, 1.82) is 0 Å².